The maximum atomic E-state index is 11.9. The summed E-state index contributed by atoms with van der Waals surface area (Å²) in [5, 5.41) is 3.12. The van der Waals surface area contributed by atoms with E-state index in [2.05, 4.69) is 45.2 Å². The van der Waals surface area contributed by atoms with Crippen LogP contribution in [0.2, 0.25) is 0 Å². The van der Waals surface area contributed by atoms with Crippen LogP contribution >= 0.6 is 0 Å². The highest BCUT2D eigenvalue weighted by atomic mass is 16.1. The van der Waals surface area contributed by atoms with Crippen LogP contribution in [0.15, 0.2) is 12.2 Å². The Morgan fingerprint density at radius 1 is 0.655 bits per heavy atom. The van der Waals surface area contributed by atoms with Gasteiger partial charge in [-0.15, -0.1) is 0 Å². The summed E-state index contributed by atoms with van der Waals surface area (Å²) in [6.45, 7) is 8.59. The van der Waals surface area contributed by atoms with E-state index in [1.54, 1.807) is 0 Å². The Bertz CT molecular complexity index is 386. The van der Waals surface area contributed by atoms with Crippen molar-refractivity contribution in [3.05, 3.63) is 12.2 Å². The molecule has 172 valence electrons. The summed E-state index contributed by atoms with van der Waals surface area (Å²) >= 11 is 0. The Labute approximate surface area is 183 Å². The minimum atomic E-state index is -0.0548. The third-order valence-corrected chi connectivity index (χ3v) is 6.03. The van der Waals surface area contributed by atoms with E-state index in [-0.39, 0.29) is 11.4 Å². The van der Waals surface area contributed by atoms with Crippen LogP contribution in [0.4, 0.5) is 0 Å². The summed E-state index contributed by atoms with van der Waals surface area (Å²) in [4.78, 5) is 11.9. The van der Waals surface area contributed by atoms with E-state index in [0.29, 0.717) is 6.42 Å². The van der Waals surface area contributed by atoms with Gasteiger partial charge in [0, 0.05) is 12.0 Å². The smallest absolute Gasteiger partial charge is 0.220 e. The highest BCUT2D eigenvalue weighted by molar-refractivity contribution is 5.76. The van der Waals surface area contributed by atoms with Crippen molar-refractivity contribution in [2.45, 2.75) is 155 Å². The summed E-state index contributed by atoms with van der Waals surface area (Å²) in [6.07, 6.45) is 29.2. The number of amides is 1. The molecular weight excluding hydrogens is 354 g/mol. The molecule has 0 heterocycles. The van der Waals surface area contributed by atoms with Gasteiger partial charge >= 0.3 is 0 Å². The lowest BCUT2D eigenvalue weighted by Gasteiger charge is -2.24. The van der Waals surface area contributed by atoms with Crippen LogP contribution in [0, 0.1) is 0 Å². The summed E-state index contributed by atoms with van der Waals surface area (Å²) in [5.74, 6) is 0.220. The third-order valence-electron chi connectivity index (χ3n) is 6.03. The molecule has 0 rings (SSSR count). The Balaban J connectivity index is 3.24. The van der Waals surface area contributed by atoms with Gasteiger partial charge in [0.1, 0.15) is 0 Å². The van der Waals surface area contributed by atoms with Crippen molar-refractivity contribution in [3.63, 3.8) is 0 Å². The zero-order chi connectivity index (χ0) is 21.6. The highest BCUT2D eigenvalue weighted by Crippen LogP contribution is 2.13. The predicted molar refractivity (Wildman–Crippen MR) is 130 cm³/mol. The molecule has 0 radical (unpaired) electrons. The van der Waals surface area contributed by atoms with Crippen LogP contribution in [-0.2, 0) is 4.79 Å². The fraction of sp³-hybridized carbons (Fsp3) is 0.889. The average Bonchev–Trinajstić information content (AvgIpc) is 2.69. The Kier molecular flexibility index (Phi) is 19.9. The van der Waals surface area contributed by atoms with E-state index in [1.807, 2.05) is 0 Å². The number of carbonyl (C=O) groups excluding carboxylic acids is 1. The van der Waals surface area contributed by atoms with Gasteiger partial charge in [0.05, 0.1) is 0 Å². The van der Waals surface area contributed by atoms with Gasteiger partial charge < -0.3 is 5.32 Å². The van der Waals surface area contributed by atoms with Crippen molar-refractivity contribution in [2.24, 2.45) is 0 Å². The lowest BCUT2D eigenvalue weighted by molar-refractivity contribution is -0.122. The van der Waals surface area contributed by atoms with E-state index >= 15 is 0 Å². The highest BCUT2D eigenvalue weighted by Gasteiger charge is 2.16. The van der Waals surface area contributed by atoms with Gasteiger partial charge in [0.25, 0.3) is 0 Å². The molecule has 0 aliphatic rings. The van der Waals surface area contributed by atoms with E-state index in [4.69, 9.17) is 0 Å². The third kappa shape index (κ3) is 21.7. The van der Waals surface area contributed by atoms with Gasteiger partial charge in [-0.25, -0.2) is 0 Å². The van der Waals surface area contributed by atoms with Gasteiger partial charge in [0.2, 0.25) is 5.91 Å². The fourth-order valence-electron chi connectivity index (χ4n) is 3.59. The topological polar surface area (TPSA) is 29.1 Å². The van der Waals surface area contributed by atoms with Gasteiger partial charge in [0.15, 0.2) is 0 Å². The maximum absolute atomic E-state index is 11.9. The van der Waals surface area contributed by atoms with Crippen LogP contribution in [-0.4, -0.2) is 11.4 Å². The molecule has 0 spiro atoms. The lowest BCUT2D eigenvalue weighted by Crippen LogP contribution is -2.42. The van der Waals surface area contributed by atoms with Gasteiger partial charge in [-0.1, -0.05) is 103 Å². The maximum Gasteiger partial charge on any atom is 0.220 e. The first-order valence-electron chi connectivity index (χ1n) is 13.0. The Hall–Kier alpha value is -0.790. The average molecular weight is 408 g/mol. The SMILES string of the molecule is CCCCCCCC/C=C\CCCCCCCCCCCC(=O)NC(C)(C)CC. The van der Waals surface area contributed by atoms with Crippen molar-refractivity contribution in [2.75, 3.05) is 0 Å². The minimum Gasteiger partial charge on any atom is -0.351 e. The zero-order valence-electron chi connectivity index (χ0n) is 20.5. The van der Waals surface area contributed by atoms with E-state index in [9.17, 15) is 4.79 Å². The van der Waals surface area contributed by atoms with Crippen LogP contribution < -0.4 is 5.32 Å². The van der Waals surface area contributed by atoms with Crippen molar-refractivity contribution >= 4 is 5.91 Å². The molecule has 1 N–H and O–H groups in total. The van der Waals surface area contributed by atoms with Crippen molar-refractivity contribution in [1.82, 2.24) is 5.32 Å². The molecule has 0 atom stereocenters. The van der Waals surface area contributed by atoms with Crippen molar-refractivity contribution in [1.29, 1.82) is 0 Å². The monoisotopic (exact) mass is 407 g/mol. The second-order valence-electron chi connectivity index (χ2n) is 9.53. The molecule has 1 amide bonds. The van der Waals surface area contributed by atoms with E-state index < -0.39 is 0 Å². The number of nitrogens with one attached hydrogen (secondary N) is 1. The lowest BCUT2D eigenvalue weighted by atomic mass is 10.0. The number of carbonyl (C=O) groups is 1. The fourth-order valence-corrected chi connectivity index (χ4v) is 3.59. The summed E-state index contributed by atoms with van der Waals surface area (Å²) in [6, 6.07) is 0. The molecule has 0 saturated heterocycles. The molecule has 0 aromatic carbocycles. The largest absolute Gasteiger partial charge is 0.351 e. The molecular formula is C27H53NO. The number of allylic oxidation sites excluding steroid dienone is 2. The van der Waals surface area contributed by atoms with Crippen LogP contribution in [0.5, 0.6) is 0 Å². The molecule has 0 aromatic rings. The van der Waals surface area contributed by atoms with Gasteiger partial charge in [-0.2, -0.15) is 0 Å². The number of hydrogen-bond donors (Lipinski definition) is 1. The molecule has 0 aromatic heterocycles. The molecule has 0 bridgehead atoms. The quantitative estimate of drug-likeness (QED) is 0.149. The zero-order valence-corrected chi connectivity index (χ0v) is 20.5. The molecule has 29 heavy (non-hydrogen) atoms. The molecule has 0 saturated carbocycles. The van der Waals surface area contributed by atoms with Crippen molar-refractivity contribution < 1.29 is 4.79 Å². The normalized spacial score (nSPS) is 12.0. The number of rotatable bonds is 21. The summed E-state index contributed by atoms with van der Waals surface area (Å²) in [7, 11) is 0. The van der Waals surface area contributed by atoms with Gasteiger partial charge in [-0.3, -0.25) is 4.79 Å². The summed E-state index contributed by atoms with van der Waals surface area (Å²) in [5.41, 5.74) is -0.0548. The van der Waals surface area contributed by atoms with Crippen LogP contribution in [0.25, 0.3) is 0 Å². The van der Waals surface area contributed by atoms with E-state index in [0.717, 1.165) is 12.8 Å². The van der Waals surface area contributed by atoms with Crippen molar-refractivity contribution in [3.8, 4) is 0 Å². The number of hydrogen-bond acceptors (Lipinski definition) is 1. The molecule has 0 unspecified atom stereocenters. The Morgan fingerprint density at radius 3 is 1.52 bits per heavy atom. The van der Waals surface area contributed by atoms with Crippen LogP contribution in [0.1, 0.15) is 150 Å². The van der Waals surface area contributed by atoms with E-state index in [1.165, 1.54) is 103 Å². The molecule has 2 nitrogen and oxygen atoms in total. The second-order valence-corrected chi connectivity index (χ2v) is 9.53. The van der Waals surface area contributed by atoms with Crippen LogP contribution in [0.3, 0.4) is 0 Å². The summed E-state index contributed by atoms with van der Waals surface area (Å²) < 4.78 is 0. The molecule has 0 aliphatic carbocycles. The number of unbranched alkanes of at least 4 members (excludes halogenated alkanes) is 15. The second kappa shape index (κ2) is 20.5. The standard InChI is InChI=1S/C27H53NO/c1-5-7-8-9-10-11-12-13-14-15-16-17-18-19-20-21-22-23-24-25-26(29)28-27(3,4)6-2/h13-14H,5-12,15-25H2,1-4H3,(H,28,29)/b14-13-. The molecule has 0 aliphatic heterocycles. The predicted octanol–water partition coefficient (Wildman–Crippen LogP) is 8.89. The molecule has 2 heteroatoms. The first-order chi connectivity index (χ1) is 14.0. The first-order valence-corrected chi connectivity index (χ1v) is 13.0. The minimum absolute atomic E-state index is 0.0548. The first kappa shape index (κ1) is 28.2. The van der Waals surface area contributed by atoms with Gasteiger partial charge in [-0.05, 0) is 52.4 Å². The molecule has 0 fully saturated rings. The Morgan fingerprint density at radius 2 is 1.07 bits per heavy atom.